The van der Waals surface area contributed by atoms with Gasteiger partial charge >= 0.3 is 0 Å². The number of hydrogen-bond donors (Lipinski definition) is 2. The lowest BCUT2D eigenvalue weighted by molar-refractivity contribution is 0.603. The Kier molecular flexibility index (Phi) is 4.27. The smallest absolute Gasteiger partial charge is 0.205 e. The van der Waals surface area contributed by atoms with Crippen LogP contribution >= 0.6 is 0 Å². The molecule has 0 aliphatic carbocycles. The Balaban J connectivity index is 2.14. The zero-order valence-corrected chi connectivity index (χ0v) is 12.2. The van der Waals surface area contributed by atoms with Crippen molar-refractivity contribution in [2.45, 2.75) is 24.7 Å². The van der Waals surface area contributed by atoms with Crippen molar-refractivity contribution in [3.8, 4) is 0 Å². The fraction of sp³-hybridized carbons (Fsp3) is 0.429. The molecule has 5 heteroatoms. The molecular formula is C14H20N2O2S. The molecule has 4 nitrogen and oxygen atoms in total. The van der Waals surface area contributed by atoms with Crippen LogP contribution in [0.1, 0.15) is 25.3 Å². The zero-order chi connectivity index (χ0) is 13.9. The monoisotopic (exact) mass is 280 g/mol. The van der Waals surface area contributed by atoms with Crippen LogP contribution in [0.4, 0.5) is 0 Å². The van der Waals surface area contributed by atoms with Crippen molar-refractivity contribution in [1.82, 2.24) is 10.6 Å². The van der Waals surface area contributed by atoms with Crippen LogP contribution in [-0.4, -0.2) is 28.6 Å². The van der Waals surface area contributed by atoms with E-state index < -0.39 is 9.84 Å². The molecule has 19 heavy (non-hydrogen) atoms. The second-order valence-electron chi connectivity index (χ2n) is 4.67. The van der Waals surface area contributed by atoms with E-state index in [9.17, 15) is 8.42 Å². The van der Waals surface area contributed by atoms with Gasteiger partial charge in [-0.2, -0.15) is 0 Å². The second-order valence-corrected chi connectivity index (χ2v) is 6.73. The SMILES string of the molecule is CNCCCCNC1=C(C)S(=O)(=O)c2ccccc21. The first-order valence-corrected chi connectivity index (χ1v) is 8.01. The summed E-state index contributed by atoms with van der Waals surface area (Å²) in [5, 5.41) is 6.37. The van der Waals surface area contributed by atoms with Gasteiger partial charge in [-0.1, -0.05) is 18.2 Å². The van der Waals surface area contributed by atoms with Crippen molar-refractivity contribution in [3.63, 3.8) is 0 Å². The average molecular weight is 280 g/mol. The molecular weight excluding hydrogens is 260 g/mol. The van der Waals surface area contributed by atoms with E-state index in [1.54, 1.807) is 19.1 Å². The van der Waals surface area contributed by atoms with Crippen molar-refractivity contribution in [1.29, 1.82) is 0 Å². The predicted molar refractivity (Wildman–Crippen MR) is 77.4 cm³/mol. The maximum atomic E-state index is 12.2. The Morgan fingerprint density at radius 2 is 1.79 bits per heavy atom. The van der Waals surface area contributed by atoms with Gasteiger partial charge in [0.05, 0.1) is 15.5 Å². The summed E-state index contributed by atoms with van der Waals surface area (Å²) in [6.07, 6.45) is 2.09. The van der Waals surface area contributed by atoms with E-state index in [2.05, 4.69) is 10.6 Å². The lowest BCUT2D eigenvalue weighted by atomic mass is 10.1. The molecule has 1 aliphatic heterocycles. The van der Waals surface area contributed by atoms with E-state index in [-0.39, 0.29) is 0 Å². The number of hydrogen-bond acceptors (Lipinski definition) is 4. The fourth-order valence-corrected chi connectivity index (χ4v) is 3.75. The molecule has 0 saturated heterocycles. The Morgan fingerprint density at radius 3 is 2.53 bits per heavy atom. The maximum absolute atomic E-state index is 12.2. The molecule has 1 aromatic carbocycles. The van der Waals surface area contributed by atoms with E-state index in [1.807, 2.05) is 19.2 Å². The summed E-state index contributed by atoms with van der Waals surface area (Å²) in [4.78, 5) is 0.854. The number of unbranched alkanes of at least 4 members (excludes halogenated alkanes) is 1. The molecule has 1 heterocycles. The summed E-state index contributed by atoms with van der Waals surface area (Å²) in [5.41, 5.74) is 1.56. The molecule has 0 unspecified atom stereocenters. The Hall–Kier alpha value is -1.33. The minimum atomic E-state index is -3.28. The molecule has 2 N–H and O–H groups in total. The largest absolute Gasteiger partial charge is 0.384 e. The van der Waals surface area contributed by atoms with Gasteiger partial charge in [0.1, 0.15) is 0 Å². The molecule has 0 atom stereocenters. The third-order valence-corrected chi connectivity index (χ3v) is 5.30. The molecule has 0 amide bonds. The number of benzene rings is 1. The molecule has 0 bridgehead atoms. The van der Waals surface area contributed by atoms with Gasteiger partial charge in [-0.05, 0) is 39.4 Å². The van der Waals surface area contributed by atoms with Crippen LogP contribution < -0.4 is 10.6 Å². The Morgan fingerprint density at radius 1 is 1.11 bits per heavy atom. The van der Waals surface area contributed by atoms with Gasteiger partial charge in [0.15, 0.2) is 0 Å². The lowest BCUT2D eigenvalue weighted by Crippen LogP contribution is -2.16. The van der Waals surface area contributed by atoms with Crippen molar-refractivity contribution < 1.29 is 8.42 Å². The van der Waals surface area contributed by atoms with Gasteiger partial charge in [0.25, 0.3) is 0 Å². The molecule has 1 aromatic rings. The van der Waals surface area contributed by atoms with Gasteiger partial charge < -0.3 is 10.6 Å². The van der Waals surface area contributed by atoms with Gasteiger partial charge in [-0.3, -0.25) is 0 Å². The summed E-state index contributed by atoms with van der Waals surface area (Å²) in [6, 6.07) is 7.17. The first-order chi connectivity index (χ1) is 9.09. The van der Waals surface area contributed by atoms with Gasteiger partial charge in [-0.25, -0.2) is 8.42 Å². The van der Waals surface area contributed by atoms with Crippen LogP contribution in [-0.2, 0) is 9.84 Å². The first-order valence-electron chi connectivity index (χ1n) is 6.53. The molecule has 0 fully saturated rings. The number of nitrogens with one attached hydrogen (secondary N) is 2. The maximum Gasteiger partial charge on any atom is 0.205 e. The average Bonchev–Trinajstić information content (AvgIpc) is 2.60. The normalized spacial score (nSPS) is 16.5. The predicted octanol–water partition coefficient (Wildman–Crippen LogP) is 1.75. The van der Waals surface area contributed by atoms with Crippen LogP contribution in [0, 0.1) is 0 Å². The summed E-state index contributed by atoms with van der Waals surface area (Å²) in [6.45, 7) is 3.44. The third kappa shape index (κ3) is 2.67. The number of rotatable bonds is 6. The summed E-state index contributed by atoms with van der Waals surface area (Å²) >= 11 is 0. The summed E-state index contributed by atoms with van der Waals surface area (Å²) in [5.74, 6) is 0. The standard InChI is InChI=1S/C14H20N2O2S/c1-11-14(16-10-6-5-9-15-2)12-7-3-4-8-13(12)19(11,17)18/h3-4,7-8,15-16H,5-6,9-10H2,1-2H3. The van der Waals surface area contributed by atoms with E-state index in [0.29, 0.717) is 9.80 Å². The minimum Gasteiger partial charge on any atom is -0.384 e. The molecule has 0 radical (unpaired) electrons. The molecule has 0 spiro atoms. The molecule has 0 saturated carbocycles. The van der Waals surface area contributed by atoms with Crippen LogP contribution in [0.2, 0.25) is 0 Å². The highest BCUT2D eigenvalue weighted by atomic mass is 32.2. The highest BCUT2D eigenvalue weighted by Crippen LogP contribution is 2.36. The minimum absolute atomic E-state index is 0.422. The topological polar surface area (TPSA) is 58.2 Å². The van der Waals surface area contributed by atoms with E-state index >= 15 is 0 Å². The van der Waals surface area contributed by atoms with Crippen molar-refractivity contribution in [3.05, 3.63) is 34.7 Å². The highest BCUT2D eigenvalue weighted by Gasteiger charge is 2.32. The first kappa shape index (κ1) is 14.1. The molecule has 1 aliphatic rings. The van der Waals surface area contributed by atoms with Crippen LogP contribution in [0.5, 0.6) is 0 Å². The van der Waals surface area contributed by atoms with Crippen molar-refractivity contribution >= 4 is 15.5 Å². The summed E-state index contributed by atoms with van der Waals surface area (Å²) in [7, 11) is -1.35. The number of sulfone groups is 1. The molecule has 104 valence electrons. The van der Waals surface area contributed by atoms with Crippen LogP contribution in [0.15, 0.2) is 34.1 Å². The quantitative estimate of drug-likeness (QED) is 0.780. The third-order valence-electron chi connectivity index (χ3n) is 3.36. The number of allylic oxidation sites excluding steroid dienone is 1. The van der Waals surface area contributed by atoms with Crippen molar-refractivity contribution in [2.24, 2.45) is 0 Å². The van der Waals surface area contributed by atoms with E-state index in [4.69, 9.17) is 0 Å². The fourth-order valence-electron chi connectivity index (χ4n) is 2.26. The Bertz CT molecular complexity index is 591. The van der Waals surface area contributed by atoms with E-state index in [0.717, 1.165) is 37.2 Å². The van der Waals surface area contributed by atoms with Crippen LogP contribution in [0.3, 0.4) is 0 Å². The second kappa shape index (κ2) is 5.75. The lowest BCUT2D eigenvalue weighted by Gasteiger charge is -2.09. The number of fused-ring (bicyclic) bond motifs is 1. The highest BCUT2D eigenvalue weighted by molar-refractivity contribution is 7.95. The van der Waals surface area contributed by atoms with Gasteiger partial charge in [0.2, 0.25) is 9.84 Å². The van der Waals surface area contributed by atoms with E-state index in [1.165, 1.54) is 0 Å². The summed E-state index contributed by atoms with van der Waals surface area (Å²) < 4.78 is 24.4. The molecule has 2 rings (SSSR count). The Labute approximate surface area is 114 Å². The van der Waals surface area contributed by atoms with Crippen molar-refractivity contribution in [2.75, 3.05) is 20.1 Å². The van der Waals surface area contributed by atoms with Crippen LogP contribution in [0.25, 0.3) is 5.70 Å². The van der Waals surface area contributed by atoms with Gasteiger partial charge in [0, 0.05) is 12.1 Å². The van der Waals surface area contributed by atoms with Gasteiger partial charge in [-0.15, -0.1) is 0 Å². The molecule has 0 aromatic heterocycles. The zero-order valence-electron chi connectivity index (χ0n) is 11.4.